The minimum absolute atomic E-state index is 0.0254. The summed E-state index contributed by atoms with van der Waals surface area (Å²) in [6.07, 6.45) is 0. The van der Waals surface area contributed by atoms with Crippen LogP contribution in [0.3, 0.4) is 0 Å². The van der Waals surface area contributed by atoms with Gasteiger partial charge in [0, 0.05) is 5.69 Å². The highest BCUT2D eigenvalue weighted by Crippen LogP contribution is 2.23. The van der Waals surface area contributed by atoms with Gasteiger partial charge in [0.15, 0.2) is 0 Å². The van der Waals surface area contributed by atoms with E-state index in [9.17, 15) is 13.2 Å². The van der Waals surface area contributed by atoms with E-state index in [0.29, 0.717) is 5.69 Å². The fraction of sp³-hybridized carbons (Fsp3) is 0.312. The predicted octanol–water partition coefficient (Wildman–Crippen LogP) is 2.83. The van der Waals surface area contributed by atoms with Gasteiger partial charge in [-0.1, -0.05) is 17.7 Å². The maximum Gasteiger partial charge on any atom is 0.356 e. The maximum absolute atomic E-state index is 12.9. The Kier molecular flexibility index (Phi) is 4.42. The summed E-state index contributed by atoms with van der Waals surface area (Å²) in [6.45, 7) is 7.18. The quantitative estimate of drug-likeness (QED) is 0.812. The normalized spacial score (nSPS) is 11.5. The summed E-state index contributed by atoms with van der Waals surface area (Å²) in [5.41, 5.74) is 2.21. The number of rotatable bonds is 4. The van der Waals surface area contributed by atoms with Crippen LogP contribution in [0.25, 0.3) is 0 Å². The summed E-state index contributed by atoms with van der Waals surface area (Å²) in [6, 6.07) is 8.06. The van der Waals surface area contributed by atoms with Gasteiger partial charge in [0.05, 0.1) is 11.5 Å². The molecule has 22 heavy (non-hydrogen) atoms. The summed E-state index contributed by atoms with van der Waals surface area (Å²) in [5, 5.41) is 0. The van der Waals surface area contributed by atoms with Crippen LogP contribution in [0.15, 0.2) is 35.2 Å². The molecule has 2 aromatic rings. The summed E-state index contributed by atoms with van der Waals surface area (Å²) >= 11 is 0. The van der Waals surface area contributed by atoms with Crippen LogP contribution in [0.5, 0.6) is 0 Å². The molecule has 5 nitrogen and oxygen atoms in total. The highest BCUT2D eigenvalue weighted by atomic mass is 32.2. The van der Waals surface area contributed by atoms with Gasteiger partial charge < -0.3 is 4.74 Å². The third-order valence-corrected chi connectivity index (χ3v) is 5.31. The molecule has 0 aliphatic carbocycles. The number of aryl methyl sites for hydroxylation is 2. The topological polar surface area (TPSA) is 65.4 Å². The van der Waals surface area contributed by atoms with Gasteiger partial charge >= 0.3 is 5.97 Å². The van der Waals surface area contributed by atoms with Crippen LogP contribution in [0, 0.1) is 20.8 Å². The molecular formula is C16H19NO4S. The molecular weight excluding hydrogens is 302 g/mol. The largest absolute Gasteiger partial charge is 0.461 e. The van der Waals surface area contributed by atoms with E-state index in [1.165, 1.54) is 12.1 Å². The predicted molar refractivity (Wildman–Crippen MR) is 83.6 cm³/mol. The van der Waals surface area contributed by atoms with Gasteiger partial charge in [0.25, 0.3) is 10.0 Å². The molecule has 0 amide bonds. The van der Waals surface area contributed by atoms with Crippen LogP contribution in [0.1, 0.15) is 34.2 Å². The molecule has 2 rings (SSSR count). The average molecular weight is 321 g/mol. The maximum atomic E-state index is 12.9. The van der Waals surface area contributed by atoms with E-state index in [1.54, 1.807) is 39.0 Å². The number of carbonyl (C=O) groups excluding carboxylic acids is 1. The number of aromatic nitrogens is 1. The first-order valence-electron chi connectivity index (χ1n) is 6.97. The van der Waals surface area contributed by atoms with E-state index in [2.05, 4.69) is 0 Å². The molecule has 6 heteroatoms. The number of ether oxygens (including phenoxy) is 1. The second kappa shape index (κ2) is 5.96. The molecule has 0 aliphatic rings. The molecule has 0 atom stereocenters. The Morgan fingerprint density at radius 3 is 2.27 bits per heavy atom. The van der Waals surface area contributed by atoms with Gasteiger partial charge in [0.2, 0.25) is 0 Å². The van der Waals surface area contributed by atoms with Crippen LogP contribution in [0.2, 0.25) is 0 Å². The first-order chi connectivity index (χ1) is 10.3. The number of nitrogens with zero attached hydrogens (tertiary/aromatic N) is 1. The van der Waals surface area contributed by atoms with Crippen molar-refractivity contribution >= 4 is 16.0 Å². The van der Waals surface area contributed by atoms with Crippen molar-refractivity contribution in [3.05, 3.63) is 52.8 Å². The van der Waals surface area contributed by atoms with E-state index in [4.69, 9.17) is 4.74 Å². The highest BCUT2D eigenvalue weighted by Gasteiger charge is 2.27. The zero-order valence-corrected chi connectivity index (χ0v) is 13.9. The molecule has 0 N–H and O–H groups in total. The smallest absolute Gasteiger partial charge is 0.356 e. The molecule has 1 aromatic heterocycles. The third-order valence-electron chi connectivity index (χ3n) is 3.49. The summed E-state index contributed by atoms with van der Waals surface area (Å²) in [7, 11) is -3.84. The molecule has 118 valence electrons. The lowest BCUT2D eigenvalue weighted by molar-refractivity contribution is 0.0518. The van der Waals surface area contributed by atoms with Crippen LogP contribution < -0.4 is 0 Å². The van der Waals surface area contributed by atoms with Crippen LogP contribution in [-0.2, 0) is 14.8 Å². The average Bonchev–Trinajstić information content (AvgIpc) is 2.76. The van der Waals surface area contributed by atoms with Gasteiger partial charge in [-0.3, -0.25) is 0 Å². The second-order valence-corrected chi connectivity index (χ2v) is 6.89. The Hall–Kier alpha value is -2.08. The van der Waals surface area contributed by atoms with Crippen molar-refractivity contribution in [1.29, 1.82) is 0 Å². The van der Waals surface area contributed by atoms with Crippen LogP contribution in [0.4, 0.5) is 0 Å². The van der Waals surface area contributed by atoms with Gasteiger partial charge in [-0.15, -0.1) is 0 Å². The van der Waals surface area contributed by atoms with E-state index < -0.39 is 16.0 Å². The monoisotopic (exact) mass is 321 g/mol. The Morgan fingerprint density at radius 1 is 1.14 bits per heavy atom. The van der Waals surface area contributed by atoms with Crippen molar-refractivity contribution in [3.63, 3.8) is 0 Å². The van der Waals surface area contributed by atoms with Crippen LogP contribution >= 0.6 is 0 Å². The van der Waals surface area contributed by atoms with Crippen molar-refractivity contribution in [2.75, 3.05) is 6.61 Å². The lowest BCUT2D eigenvalue weighted by Gasteiger charge is -2.12. The summed E-state index contributed by atoms with van der Waals surface area (Å²) < 4.78 is 31.8. The lowest BCUT2D eigenvalue weighted by atomic mass is 10.2. The first kappa shape index (κ1) is 16.3. The Balaban J connectivity index is 2.65. The van der Waals surface area contributed by atoms with Gasteiger partial charge in [-0.2, -0.15) is 0 Å². The minimum atomic E-state index is -3.84. The van der Waals surface area contributed by atoms with E-state index in [0.717, 1.165) is 15.1 Å². The SMILES string of the molecule is CCOC(=O)c1cc(C)c(C)n1S(=O)(=O)c1ccc(C)cc1. The molecule has 0 aliphatic heterocycles. The Morgan fingerprint density at radius 2 is 1.73 bits per heavy atom. The highest BCUT2D eigenvalue weighted by molar-refractivity contribution is 7.90. The number of carbonyl (C=O) groups is 1. The number of esters is 1. The molecule has 0 unspecified atom stereocenters. The first-order valence-corrected chi connectivity index (χ1v) is 8.41. The molecule has 0 bridgehead atoms. The van der Waals surface area contributed by atoms with Gasteiger partial charge in [0.1, 0.15) is 5.69 Å². The Bertz CT molecular complexity index is 801. The van der Waals surface area contributed by atoms with Crippen molar-refractivity contribution < 1.29 is 17.9 Å². The lowest BCUT2D eigenvalue weighted by Crippen LogP contribution is -2.21. The molecule has 0 spiro atoms. The minimum Gasteiger partial charge on any atom is -0.461 e. The molecule has 0 radical (unpaired) electrons. The van der Waals surface area contributed by atoms with Crippen LogP contribution in [-0.4, -0.2) is 25.0 Å². The number of hydrogen-bond donors (Lipinski definition) is 0. The molecule has 0 saturated carbocycles. The van der Waals surface area contributed by atoms with E-state index in [-0.39, 0.29) is 17.2 Å². The summed E-state index contributed by atoms with van der Waals surface area (Å²) in [4.78, 5) is 12.2. The van der Waals surface area contributed by atoms with E-state index >= 15 is 0 Å². The van der Waals surface area contributed by atoms with Crippen molar-refractivity contribution in [1.82, 2.24) is 3.97 Å². The third kappa shape index (κ3) is 2.78. The van der Waals surface area contributed by atoms with Crippen molar-refractivity contribution in [2.24, 2.45) is 0 Å². The van der Waals surface area contributed by atoms with Crippen molar-refractivity contribution in [3.8, 4) is 0 Å². The Labute approximate surface area is 130 Å². The fourth-order valence-corrected chi connectivity index (χ4v) is 3.76. The van der Waals surface area contributed by atoms with Gasteiger partial charge in [-0.25, -0.2) is 17.2 Å². The zero-order valence-electron chi connectivity index (χ0n) is 13.1. The molecule has 0 fully saturated rings. The summed E-state index contributed by atoms with van der Waals surface area (Å²) in [5.74, 6) is -0.644. The molecule has 1 aromatic carbocycles. The standard InChI is InChI=1S/C16H19NO4S/c1-5-21-16(18)15-10-12(3)13(4)17(15)22(19,20)14-8-6-11(2)7-9-14/h6-10H,5H2,1-4H3. The second-order valence-electron chi connectivity index (χ2n) is 5.10. The number of benzene rings is 1. The number of hydrogen-bond acceptors (Lipinski definition) is 4. The van der Waals surface area contributed by atoms with Crippen molar-refractivity contribution in [2.45, 2.75) is 32.6 Å². The fourth-order valence-electron chi connectivity index (χ4n) is 2.18. The van der Waals surface area contributed by atoms with Gasteiger partial charge in [-0.05, 0) is 51.5 Å². The molecule has 0 saturated heterocycles. The molecule has 1 heterocycles. The zero-order chi connectivity index (χ0) is 16.5. The van der Waals surface area contributed by atoms with E-state index in [1.807, 2.05) is 6.92 Å².